The molecule has 0 spiro atoms. The largest absolute Gasteiger partial charge is 0.496 e. The lowest BCUT2D eigenvalue weighted by Gasteiger charge is -2.10. The Morgan fingerprint density at radius 2 is 1.93 bits per heavy atom. The molecular formula is C21H16Cl2N4O2. The number of hydrogen-bond donors (Lipinski definition) is 1. The highest BCUT2D eigenvalue weighted by atomic mass is 35.5. The minimum atomic E-state index is -0.185. The van der Waals surface area contributed by atoms with E-state index in [-0.39, 0.29) is 12.3 Å². The molecule has 146 valence electrons. The van der Waals surface area contributed by atoms with Crippen molar-refractivity contribution in [2.75, 3.05) is 12.4 Å². The van der Waals surface area contributed by atoms with Gasteiger partial charge in [0.2, 0.25) is 5.91 Å². The number of halogens is 2. The van der Waals surface area contributed by atoms with Crippen LogP contribution in [-0.4, -0.2) is 27.4 Å². The van der Waals surface area contributed by atoms with Crippen molar-refractivity contribution in [3.05, 3.63) is 76.7 Å². The van der Waals surface area contributed by atoms with Crippen LogP contribution >= 0.6 is 23.2 Å². The van der Waals surface area contributed by atoms with Gasteiger partial charge in [0.25, 0.3) is 0 Å². The van der Waals surface area contributed by atoms with E-state index in [4.69, 9.17) is 27.9 Å². The number of nitrogens with zero attached hydrogens (tertiary/aromatic N) is 3. The maximum atomic E-state index is 12.6. The lowest BCUT2D eigenvalue weighted by Crippen LogP contribution is -2.16. The fourth-order valence-corrected chi connectivity index (χ4v) is 3.43. The summed E-state index contributed by atoms with van der Waals surface area (Å²) in [4.78, 5) is 21.3. The Bertz CT molecular complexity index is 1210. The minimum absolute atomic E-state index is 0.176. The molecule has 0 aliphatic rings. The number of para-hydroxylation sites is 1. The molecule has 2 aromatic heterocycles. The first-order valence-electron chi connectivity index (χ1n) is 8.76. The van der Waals surface area contributed by atoms with Gasteiger partial charge in [0.15, 0.2) is 5.65 Å². The standard InChI is InChI=1S/C21H16Cl2N4O2/c1-29-17-8-3-2-5-13(17)9-20(28)26-19-11-25-18-10-24-16(12-27(18)19)14-6-4-7-15(22)21(14)23/h2-8,10-12H,9H2,1H3,(H,26,28). The van der Waals surface area contributed by atoms with E-state index in [1.54, 1.807) is 42.2 Å². The molecule has 0 aliphatic heterocycles. The predicted octanol–water partition coefficient (Wildman–Crippen LogP) is 4.89. The zero-order valence-electron chi connectivity index (χ0n) is 15.4. The molecule has 2 heterocycles. The van der Waals surface area contributed by atoms with Crippen molar-refractivity contribution in [3.8, 4) is 17.0 Å². The molecule has 0 radical (unpaired) electrons. The van der Waals surface area contributed by atoms with Crippen molar-refractivity contribution in [1.29, 1.82) is 0 Å². The Morgan fingerprint density at radius 3 is 2.76 bits per heavy atom. The minimum Gasteiger partial charge on any atom is -0.496 e. The first kappa shape index (κ1) is 19.2. The molecule has 0 atom stereocenters. The predicted molar refractivity (Wildman–Crippen MR) is 114 cm³/mol. The highest BCUT2D eigenvalue weighted by Crippen LogP contribution is 2.32. The number of nitrogens with one attached hydrogen (secondary N) is 1. The summed E-state index contributed by atoms with van der Waals surface area (Å²) in [5, 5.41) is 3.75. The average molecular weight is 427 g/mol. The quantitative estimate of drug-likeness (QED) is 0.492. The number of fused-ring (bicyclic) bond motifs is 1. The van der Waals surface area contributed by atoms with Crippen LogP contribution in [0.3, 0.4) is 0 Å². The van der Waals surface area contributed by atoms with E-state index >= 15 is 0 Å². The van der Waals surface area contributed by atoms with Crippen molar-refractivity contribution >= 4 is 40.6 Å². The van der Waals surface area contributed by atoms with Gasteiger partial charge in [0.1, 0.15) is 11.6 Å². The van der Waals surface area contributed by atoms with E-state index in [2.05, 4.69) is 15.3 Å². The molecule has 0 fully saturated rings. The van der Waals surface area contributed by atoms with Gasteiger partial charge < -0.3 is 10.1 Å². The summed E-state index contributed by atoms with van der Waals surface area (Å²) in [6.07, 6.45) is 5.14. The fraction of sp³-hybridized carbons (Fsp3) is 0.0952. The number of amides is 1. The first-order valence-corrected chi connectivity index (χ1v) is 9.51. The number of aromatic nitrogens is 3. The van der Waals surface area contributed by atoms with Gasteiger partial charge in [-0.05, 0) is 12.1 Å². The lowest BCUT2D eigenvalue weighted by atomic mass is 10.1. The molecule has 1 N–H and O–H groups in total. The number of benzene rings is 2. The zero-order valence-corrected chi connectivity index (χ0v) is 16.9. The molecule has 0 saturated heterocycles. The summed E-state index contributed by atoms with van der Waals surface area (Å²) in [5.41, 5.74) is 2.71. The third-order valence-electron chi connectivity index (χ3n) is 4.43. The summed E-state index contributed by atoms with van der Waals surface area (Å²) in [5.74, 6) is 1.01. The van der Waals surface area contributed by atoms with Crippen LogP contribution in [0.2, 0.25) is 10.0 Å². The number of rotatable bonds is 5. The molecule has 0 bridgehead atoms. The topological polar surface area (TPSA) is 68.5 Å². The zero-order chi connectivity index (χ0) is 20.4. The number of imidazole rings is 1. The van der Waals surface area contributed by atoms with Gasteiger partial charge in [0, 0.05) is 17.3 Å². The van der Waals surface area contributed by atoms with Gasteiger partial charge >= 0.3 is 0 Å². The van der Waals surface area contributed by atoms with E-state index in [1.807, 2.05) is 30.3 Å². The van der Waals surface area contributed by atoms with Crippen molar-refractivity contribution < 1.29 is 9.53 Å². The lowest BCUT2D eigenvalue weighted by molar-refractivity contribution is -0.115. The summed E-state index contributed by atoms with van der Waals surface area (Å²) in [7, 11) is 1.58. The first-order chi connectivity index (χ1) is 14.1. The number of ether oxygens (including phenoxy) is 1. The fourth-order valence-electron chi connectivity index (χ4n) is 3.03. The van der Waals surface area contributed by atoms with Gasteiger partial charge in [-0.3, -0.25) is 14.2 Å². The molecule has 6 nitrogen and oxygen atoms in total. The number of carbonyl (C=O) groups excluding carboxylic acids is 1. The van der Waals surface area contributed by atoms with E-state index in [1.165, 1.54) is 0 Å². The summed E-state index contributed by atoms with van der Waals surface area (Å²) >= 11 is 12.4. The van der Waals surface area contributed by atoms with Crippen molar-refractivity contribution in [1.82, 2.24) is 14.4 Å². The number of methoxy groups -OCH3 is 1. The van der Waals surface area contributed by atoms with Crippen LogP contribution in [0.15, 0.2) is 61.1 Å². The summed E-state index contributed by atoms with van der Waals surface area (Å²) in [6, 6.07) is 12.8. The molecule has 1 amide bonds. The molecule has 4 aromatic rings. The molecule has 0 aliphatic carbocycles. The van der Waals surface area contributed by atoms with Crippen LogP contribution in [0.25, 0.3) is 16.9 Å². The smallest absolute Gasteiger partial charge is 0.230 e. The Kier molecular flexibility index (Phi) is 5.38. The van der Waals surface area contributed by atoms with Crippen molar-refractivity contribution in [2.24, 2.45) is 0 Å². The van der Waals surface area contributed by atoms with Crippen LogP contribution in [0.5, 0.6) is 5.75 Å². The third-order valence-corrected chi connectivity index (χ3v) is 5.25. The van der Waals surface area contributed by atoms with Gasteiger partial charge in [-0.15, -0.1) is 0 Å². The second-order valence-corrected chi connectivity index (χ2v) is 7.07. The van der Waals surface area contributed by atoms with Gasteiger partial charge in [-0.2, -0.15) is 0 Å². The highest BCUT2D eigenvalue weighted by molar-refractivity contribution is 6.43. The molecule has 29 heavy (non-hydrogen) atoms. The monoisotopic (exact) mass is 426 g/mol. The van der Waals surface area contributed by atoms with Gasteiger partial charge in [0.05, 0.1) is 41.7 Å². The SMILES string of the molecule is COc1ccccc1CC(=O)Nc1cnc2cnc(-c3cccc(Cl)c3Cl)cn12. The number of carbonyl (C=O) groups is 1. The van der Waals surface area contributed by atoms with E-state index in [9.17, 15) is 4.79 Å². The van der Waals surface area contributed by atoms with Crippen molar-refractivity contribution in [3.63, 3.8) is 0 Å². The second kappa shape index (κ2) is 8.11. The molecular weight excluding hydrogens is 411 g/mol. The number of hydrogen-bond acceptors (Lipinski definition) is 4. The van der Waals surface area contributed by atoms with Crippen molar-refractivity contribution in [2.45, 2.75) is 6.42 Å². The molecule has 0 saturated carbocycles. The average Bonchev–Trinajstić information content (AvgIpc) is 3.12. The Labute approximate surface area is 177 Å². The Morgan fingerprint density at radius 1 is 1.10 bits per heavy atom. The summed E-state index contributed by atoms with van der Waals surface area (Å²) < 4.78 is 7.06. The van der Waals surface area contributed by atoms with Gasteiger partial charge in [-0.25, -0.2) is 4.98 Å². The Balaban J connectivity index is 1.63. The summed E-state index contributed by atoms with van der Waals surface area (Å²) in [6.45, 7) is 0. The highest BCUT2D eigenvalue weighted by Gasteiger charge is 2.14. The van der Waals surface area contributed by atoms with E-state index < -0.39 is 0 Å². The Hall–Kier alpha value is -3.09. The van der Waals surface area contributed by atoms with E-state index in [0.717, 1.165) is 5.56 Å². The third kappa shape index (κ3) is 3.90. The van der Waals surface area contributed by atoms with Crippen LogP contribution < -0.4 is 10.1 Å². The molecule has 0 unspecified atom stereocenters. The molecule has 8 heteroatoms. The van der Waals surface area contributed by atoms with E-state index in [0.29, 0.717) is 38.5 Å². The van der Waals surface area contributed by atoms with Crippen LogP contribution in [0.4, 0.5) is 5.82 Å². The van der Waals surface area contributed by atoms with Gasteiger partial charge in [-0.1, -0.05) is 53.5 Å². The normalized spacial score (nSPS) is 10.9. The molecule has 2 aromatic carbocycles. The number of anilines is 1. The second-order valence-electron chi connectivity index (χ2n) is 6.28. The maximum Gasteiger partial charge on any atom is 0.230 e. The molecule has 4 rings (SSSR count). The maximum absolute atomic E-state index is 12.6. The van der Waals surface area contributed by atoms with Crippen LogP contribution in [-0.2, 0) is 11.2 Å². The van der Waals surface area contributed by atoms with Crippen LogP contribution in [0, 0.1) is 0 Å². The van der Waals surface area contributed by atoms with Crippen LogP contribution in [0.1, 0.15) is 5.56 Å².